The molecule has 24 heavy (non-hydrogen) atoms. The van der Waals surface area contributed by atoms with Gasteiger partial charge >= 0.3 is 0 Å². The van der Waals surface area contributed by atoms with Crippen LogP contribution in [0.15, 0.2) is 17.0 Å². The fraction of sp³-hybridized carbons (Fsp3) is 0.600. The Labute approximate surface area is 148 Å². The van der Waals surface area contributed by atoms with Crippen LogP contribution in [0, 0.1) is 11.2 Å². The summed E-state index contributed by atoms with van der Waals surface area (Å²) in [6.07, 6.45) is 0.529. The Kier molecular flexibility index (Phi) is 6.49. The molecule has 0 amide bonds. The number of sulfonamides is 1. The summed E-state index contributed by atoms with van der Waals surface area (Å²) in [5.41, 5.74) is 5.66. The van der Waals surface area contributed by atoms with E-state index in [0.29, 0.717) is 6.42 Å². The standard InChI is InChI=1S/C15H23FN2O4S.ClH/c1-15(2)9-18(6-5-14(15)17)23(19,20)13-8-12(22-4)11(21-3)7-10(13)16;/h7-8,14H,5-6,9,17H2,1-4H3;1H. The number of methoxy groups -OCH3 is 2. The third kappa shape index (κ3) is 3.77. The molecule has 0 radical (unpaired) electrons. The molecule has 1 aromatic carbocycles. The van der Waals surface area contributed by atoms with Gasteiger partial charge in [-0.25, -0.2) is 12.8 Å². The van der Waals surface area contributed by atoms with Crippen molar-refractivity contribution in [2.45, 2.75) is 31.2 Å². The van der Waals surface area contributed by atoms with E-state index in [1.165, 1.54) is 18.5 Å². The van der Waals surface area contributed by atoms with Crippen LogP contribution in [0.1, 0.15) is 20.3 Å². The number of rotatable bonds is 4. The van der Waals surface area contributed by atoms with Gasteiger partial charge in [0.1, 0.15) is 10.7 Å². The monoisotopic (exact) mass is 382 g/mol. The summed E-state index contributed by atoms with van der Waals surface area (Å²) >= 11 is 0. The molecular formula is C15H24ClFN2O4S. The second-order valence-electron chi connectivity index (χ2n) is 6.36. The highest BCUT2D eigenvalue weighted by molar-refractivity contribution is 7.89. The first-order valence-corrected chi connectivity index (χ1v) is 8.74. The highest BCUT2D eigenvalue weighted by atomic mass is 35.5. The Hall–Kier alpha value is -1.09. The summed E-state index contributed by atoms with van der Waals surface area (Å²) in [5, 5.41) is 0. The van der Waals surface area contributed by atoms with E-state index in [1.807, 2.05) is 13.8 Å². The normalized spacial score (nSPS) is 21.0. The lowest BCUT2D eigenvalue weighted by atomic mass is 9.81. The number of hydrogen-bond donors (Lipinski definition) is 1. The maximum Gasteiger partial charge on any atom is 0.246 e. The maximum atomic E-state index is 14.3. The molecular weight excluding hydrogens is 359 g/mol. The summed E-state index contributed by atoms with van der Waals surface area (Å²) in [5.74, 6) is -0.555. The van der Waals surface area contributed by atoms with Gasteiger partial charge in [-0.1, -0.05) is 13.8 Å². The molecule has 0 aromatic heterocycles. The SMILES string of the molecule is COc1cc(F)c(S(=O)(=O)N2CCC(N)C(C)(C)C2)cc1OC.Cl. The van der Waals surface area contributed by atoms with E-state index in [-0.39, 0.29) is 48.5 Å². The average Bonchev–Trinajstić information content (AvgIpc) is 2.49. The minimum absolute atomic E-state index is 0. The molecule has 1 aromatic rings. The minimum Gasteiger partial charge on any atom is -0.493 e. The van der Waals surface area contributed by atoms with Gasteiger partial charge in [0, 0.05) is 31.3 Å². The fourth-order valence-corrected chi connectivity index (χ4v) is 4.39. The first-order valence-electron chi connectivity index (χ1n) is 7.30. The van der Waals surface area contributed by atoms with E-state index in [4.69, 9.17) is 15.2 Å². The van der Waals surface area contributed by atoms with Crippen molar-refractivity contribution < 1.29 is 22.3 Å². The molecule has 1 heterocycles. The van der Waals surface area contributed by atoms with E-state index in [1.54, 1.807) is 0 Å². The van der Waals surface area contributed by atoms with Crippen molar-refractivity contribution in [3.05, 3.63) is 17.9 Å². The van der Waals surface area contributed by atoms with Crippen LogP contribution < -0.4 is 15.2 Å². The predicted molar refractivity (Wildman–Crippen MR) is 91.9 cm³/mol. The third-order valence-electron chi connectivity index (χ3n) is 4.33. The average molecular weight is 383 g/mol. The topological polar surface area (TPSA) is 81.9 Å². The summed E-state index contributed by atoms with van der Waals surface area (Å²) in [7, 11) is -1.25. The molecule has 1 atom stereocenters. The molecule has 1 saturated heterocycles. The van der Waals surface area contributed by atoms with Crippen molar-refractivity contribution in [2.75, 3.05) is 27.3 Å². The van der Waals surface area contributed by atoms with Crippen molar-refractivity contribution in [3.63, 3.8) is 0 Å². The van der Waals surface area contributed by atoms with Crippen LogP contribution in [0.25, 0.3) is 0 Å². The zero-order valence-corrected chi connectivity index (χ0v) is 15.8. The van der Waals surface area contributed by atoms with Gasteiger partial charge in [-0.3, -0.25) is 0 Å². The van der Waals surface area contributed by atoms with Gasteiger partial charge in [-0.2, -0.15) is 4.31 Å². The Morgan fingerprint density at radius 3 is 2.29 bits per heavy atom. The fourth-order valence-electron chi connectivity index (χ4n) is 2.70. The molecule has 1 aliphatic heterocycles. The van der Waals surface area contributed by atoms with E-state index in [2.05, 4.69) is 0 Å². The summed E-state index contributed by atoms with van der Waals surface area (Å²) in [6, 6.07) is 2.08. The zero-order chi connectivity index (χ0) is 17.4. The molecule has 0 saturated carbocycles. The quantitative estimate of drug-likeness (QED) is 0.861. The molecule has 1 unspecified atom stereocenters. The third-order valence-corrected chi connectivity index (χ3v) is 6.19. The molecule has 0 spiro atoms. The molecule has 138 valence electrons. The molecule has 2 N–H and O–H groups in total. The smallest absolute Gasteiger partial charge is 0.246 e. The van der Waals surface area contributed by atoms with E-state index < -0.39 is 20.7 Å². The van der Waals surface area contributed by atoms with Crippen LogP contribution in [-0.2, 0) is 10.0 Å². The number of piperidine rings is 1. The lowest BCUT2D eigenvalue weighted by molar-refractivity contribution is 0.155. The number of halogens is 2. The Morgan fingerprint density at radius 1 is 1.25 bits per heavy atom. The van der Waals surface area contributed by atoms with Gasteiger partial charge < -0.3 is 15.2 Å². The van der Waals surface area contributed by atoms with Crippen molar-refractivity contribution in [1.29, 1.82) is 0 Å². The van der Waals surface area contributed by atoms with Gasteiger partial charge in [-0.15, -0.1) is 12.4 Å². The van der Waals surface area contributed by atoms with Gasteiger partial charge in [0.05, 0.1) is 14.2 Å². The van der Waals surface area contributed by atoms with Gasteiger partial charge in [0.25, 0.3) is 0 Å². The molecule has 0 bridgehead atoms. The molecule has 2 rings (SSSR count). The highest BCUT2D eigenvalue weighted by Crippen LogP contribution is 2.36. The van der Waals surface area contributed by atoms with Crippen LogP contribution >= 0.6 is 12.4 Å². The van der Waals surface area contributed by atoms with Crippen molar-refractivity contribution in [2.24, 2.45) is 11.1 Å². The van der Waals surface area contributed by atoms with Crippen LogP contribution in [0.2, 0.25) is 0 Å². The Morgan fingerprint density at radius 2 is 1.79 bits per heavy atom. The van der Waals surface area contributed by atoms with Crippen LogP contribution in [0.5, 0.6) is 11.5 Å². The second kappa shape index (κ2) is 7.43. The number of ether oxygens (including phenoxy) is 2. The molecule has 0 aliphatic carbocycles. The predicted octanol–water partition coefficient (Wildman–Crippen LogP) is 2.01. The highest BCUT2D eigenvalue weighted by Gasteiger charge is 2.40. The van der Waals surface area contributed by atoms with E-state index in [0.717, 1.165) is 12.1 Å². The number of nitrogens with zero attached hydrogens (tertiary/aromatic N) is 1. The van der Waals surface area contributed by atoms with Gasteiger partial charge in [0.2, 0.25) is 10.0 Å². The number of hydrogen-bond acceptors (Lipinski definition) is 5. The summed E-state index contributed by atoms with van der Waals surface area (Å²) in [6.45, 7) is 4.32. The maximum absolute atomic E-state index is 14.3. The van der Waals surface area contributed by atoms with Gasteiger partial charge in [-0.05, 0) is 11.8 Å². The summed E-state index contributed by atoms with van der Waals surface area (Å²) < 4.78 is 51.3. The van der Waals surface area contributed by atoms with Crippen LogP contribution in [-0.4, -0.2) is 46.1 Å². The first kappa shape index (κ1) is 21.0. The van der Waals surface area contributed by atoms with Gasteiger partial charge in [0.15, 0.2) is 11.5 Å². The Bertz CT molecular complexity index is 697. The first-order chi connectivity index (χ1) is 10.6. The van der Waals surface area contributed by atoms with E-state index >= 15 is 0 Å². The second-order valence-corrected chi connectivity index (χ2v) is 8.27. The molecule has 9 heteroatoms. The number of benzene rings is 1. The molecule has 6 nitrogen and oxygen atoms in total. The minimum atomic E-state index is -3.98. The Balaban J connectivity index is 0.00000288. The van der Waals surface area contributed by atoms with Crippen molar-refractivity contribution in [1.82, 2.24) is 4.31 Å². The largest absolute Gasteiger partial charge is 0.493 e. The summed E-state index contributed by atoms with van der Waals surface area (Å²) in [4.78, 5) is -0.415. The zero-order valence-electron chi connectivity index (χ0n) is 14.2. The van der Waals surface area contributed by atoms with Crippen molar-refractivity contribution >= 4 is 22.4 Å². The van der Waals surface area contributed by atoms with Crippen LogP contribution in [0.4, 0.5) is 4.39 Å². The molecule has 1 fully saturated rings. The molecule has 1 aliphatic rings. The lowest BCUT2D eigenvalue weighted by Gasteiger charge is -2.41. The van der Waals surface area contributed by atoms with Crippen LogP contribution in [0.3, 0.4) is 0 Å². The van der Waals surface area contributed by atoms with E-state index in [9.17, 15) is 12.8 Å². The number of nitrogens with two attached hydrogens (primary N) is 1. The lowest BCUT2D eigenvalue weighted by Crippen LogP contribution is -2.53. The van der Waals surface area contributed by atoms with Crippen molar-refractivity contribution in [3.8, 4) is 11.5 Å².